The van der Waals surface area contributed by atoms with E-state index in [1.807, 2.05) is 19.2 Å². The molecular weight excluding hydrogens is 162 g/mol. The van der Waals surface area contributed by atoms with Crippen molar-refractivity contribution >= 4 is 5.69 Å². The molecule has 2 N–H and O–H groups in total. The molecule has 1 fully saturated rings. The maximum absolute atomic E-state index is 9.34. The van der Waals surface area contributed by atoms with E-state index in [9.17, 15) is 5.11 Å². The minimum absolute atomic E-state index is 0.370. The highest BCUT2D eigenvalue weighted by molar-refractivity contribution is 5.53. The first kappa shape index (κ1) is 8.42. The fraction of sp³-hybridized carbons (Fsp3) is 0.455. The summed E-state index contributed by atoms with van der Waals surface area (Å²) >= 11 is 0. The molecule has 0 spiro atoms. The first-order valence-electron chi connectivity index (χ1n) is 4.79. The number of aromatic hydroxyl groups is 1. The fourth-order valence-corrected chi connectivity index (χ4v) is 1.63. The number of anilines is 1. The van der Waals surface area contributed by atoms with Crippen molar-refractivity contribution in [2.75, 3.05) is 12.4 Å². The highest BCUT2D eigenvalue weighted by atomic mass is 16.3. The fourth-order valence-electron chi connectivity index (χ4n) is 1.63. The lowest BCUT2D eigenvalue weighted by Crippen LogP contribution is -1.96. The molecule has 1 aromatic carbocycles. The molecule has 1 aliphatic carbocycles. The first-order valence-corrected chi connectivity index (χ1v) is 4.79. The van der Waals surface area contributed by atoms with E-state index in [0.29, 0.717) is 5.75 Å². The third kappa shape index (κ3) is 1.94. The summed E-state index contributed by atoms with van der Waals surface area (Å²) in [6, 6.07) is 5.53. The summed E-state index contributed by atoms with van der Waals surface area (Å²) < 4.78 is 0. The van der Waals surface area contributed by atoms with Crippen LogP contribution in [0.4, 0.5) is 5.69 Å². The zero-order valence-electron chi connectivity index (χ0n) is 7.88. The molecule has 0 heterocycles. The molecule has 0 saturated heterocycles. The van der Waals surface area contributed by atoms with Crippen LogP contribution in [0.1, 0.15) is 18.4 Å². The van der Waals surface area contributed by atoms with Gasteiger partial charge in [0.2, 0.25) is 0 Å². The standard InChI is InChI=1S/C11H15NO/c1-12-11-5-4-10(13)7-9(11)6-8-2-3-8/h4-5,7-8,12-13H,2-3,6H2,1H3. The van der Waals surface area contributed by atoms with Gasteiger partial charge in [-0.25, -0.2) is 0 Å². The van der Waals surface area contributed by atoms with E-state index in [1.165, 1.54) is 18.4 Å². The van der Waals surface area contributed by atoms with Crippen molar-refractivity contribution in [2.24, 2.45) is 5.92 Å². The Morgan fingerprint density at radius 2 is 2.23 bits per heavy atom. The van der Waals surface area contributed by atoms with Gasteiger partial charge in [0.1, 0.15) is 5.75 Å². The molecule has 0 radical (unpaired) electrons. The zero-order chi connectivity index (χ0) is 9.26. The average molecular weight is 177 g/mol. The van der Waals surface area contributed by atoms with E-state index < -0.39 is 0 Å². The second-order valence-corrected chi connectivity index (χ2v) is 3.74. The lowest BCUT2D eigenvalue weighted by Gasteiger charge is -2.08. The molecule has 0 unspecified atom stereocenters. The maximum atomic E-state index is 9.34. The smallest absolute Gasteiger partial charge is 0.116 e. The van der Waals surface area contributed by atoms with Crippen molar-refractivity contribution in [2.45, 2.75) is 19.3 Å². The van der Waals surface area contributed by atoms with Gasteiger partial charge < -0.3 is 10.4 Å². The van der Waals surface area contributed by atoms with E-state index >= 15 is 0 Å². The zero-order valence-corrected chi connectivity index (χ0v) is 7.88. The summed E-state index contributed by atoms with van der Waals surface area (Å²) in [4.78, 5) is 0. The molecule has 2 heteroatoms. The van der Waals surface area contributed by atoms with Gasteiger partial charge in [-0.2, -0.15) is 0 Å². The van der Waals surface area contributed by atoms with Crippen LogP contribution in [0, 0.1) is 5.92 Å². The third-order valence-corrected chi connectivity index (χ3v) is 2.56. The van der Waals surface area contributed by atoms with Crippen LogP contribution >= 0.6 is 0 Å². The van der Waals surface area contributed by atoms with Crippen LogP contribution in [-0.4, -0.2) is 12.2 Å². The Bertz CT molecular complexity index is 305. The molecule has 0 aliphatic heterocycles. The molecule has 0 atom stereocenters. The highest BCUT2D eigenvalue weighted by Gasteiger charge is 2.22. The Labute approximate surface area is 78.6 Å². The Balaban J connectivity index is 2.22. The van der Waals surface area contributed by atoms with Gasteiger partial charge in [-0.05, 0) is 48.9 Å². The highest BCUT2D eigenvalue weighted by Crippen LogP contribution is 2.35. The SMILES string of the molecule is CNc1ccc(O)cc1CC1CC1. The van der Waals surface area contributed by atoms with Gasteiger partial charge in [-0.3, -0.25) is 0 Å². The Kier molecular flexibility index (Phi) is 2.13. The van der Waals surface area contributed by atoms with Crippen molar-refractivity contribution in [1.29, 1.82) is 0 Å². The van der Waals surface area contributed by atoms with Gasteiger partial charge in [0.05, 0.1) is 0 Å². The van der Waals surface area contributed by atoms with Gasteiger partial charge >= 0.3 is 0 Å². The Hall–Kier alpha value is -1.18. The van der Waals surface area contributed by atoms with Crippen LogP contribution in [0.15, 0.2) is 18.2 Å². The lowest BCUT2D eigenvalue weighted by molar-refractivity contribution is 0.474. The quantitative estimate of drug-likeness (QED) is 0.695. The van der Waals surface area contributed by atoms with E-state index in [4.69, 9.17) is 0 Å². The Morgan fingerprint density at radius 3 is 2.85 bits per heavy atom. The molecule has 13 heavy (non-hydrogen) atoms. The van der Waals surface area contributed by atoms with Crippen molar-refractivity contribution < 1.29 is 5.11 Å². The second kappa shape index (κ2) is 3.29. The van der Waals surface area contributed by atoms with Crippen molar-refractivity contribution in [1.82, 2.24) is 0 Å². The summed E-state index contributed by atoms with van der Waals surface area (Å²) in [6.45, 7) is 0. The molecule has 1 aliphatic rings. The van der Waals surface area contributed by atoms with Crippen LogP contribution < -0.4 is 5.32 Å². The molecule has 1 saturated carbocycles. The number of phenolic OH excluding ortho intramolecular Hbond substituents is 1. The lowest BCUT2D eigenvalue weighted by atomic mass is 10.1. The number of phenols is 1. The average Bonchev–Trinajstić information content (AvgIpc) is 2.89. The van der Waals surface area contributed by atoms with E-state index in [-0.39, 0.29) is 0 Å². The molecule has 1 aromatic rings. The van der Waals surface area contributed by atoms with E-state index in [1.54, 1.807) is 6.07 Å². The molecule has 70 valence electrons. The largest absolute Gasteiger partial charge is 0.508 e. The minimum atomic E-state index is 0.370. The summed E-state index contributed by atoms with van der Waals surface area (Å²) in [6.07, 6.45) is 3.79. The van der Waals surface area contributed by atoms with Crippen molar-refractivity contribution in [3.63, 3.8) is 0 Å². The second-order valence-electron chi connectivity index (χ2n) is 3.74. The van der Waals surface area contributed by atoms with E-state index in [2.05, 4.69) is 5.32 Å². The predicted octanol–water partition coefficient (Wildman–Crippen LogP) is 2.39. The van der Waals surface area contributed by atoms with Crippen molar-refractivity contribution in [3.05, 3.63) is 23.8 Å². The molecule has 0 bridgehead atoms. The summed E-state index contributed by atoms with van der Waals surface area (Å²) in [5.74, 6) is 1.23. The molecule has 0 aromatic heterocycles. The van der Waals surface area contributed by atoms with Gasteiger partial charge in [-0.1, -0.05) is 0 Å². The predicted molar refractivity (Wildman–Crippen MR) is 54.1 cm³/mol. The summed E-state index contributed by atoms with van der Waals surface area (Å²) in [5, 5.41) is 12.5. The van der Waals surface area contributed by atoms with Crippen LogP contribution in [0.5, 0.6) is 5.75 Å². The molecule has 0 amide bonds. The van der Waals surface area contributed by atoms with Crippen LogP contribution in [0.25, 0.3) is 0 Å². The topological polar surface area (TPSA) is 32.3 Å². The summed E-state index contributed by atoms with van der Waals surface area (Å²) in [5.41, 5.74) is 2.38. The van der Waals surface area contributed by atoms with Gasteiger partial charge in [0.15, 0.2) is 0 Å². The minimum Gasteiger partial charge on any atom is -0.508 e. The third-order valence-electron chi connectivity index (χ3n) is 2.56. The van der Waals surface area contributed by atoms with Gasteiger partial charge in [0.25, 0.3) is 0 Å². The van der Waals surface area contributed by atoms with Gasteiger partial charge in [0, 0.05) is 12.7 Å². The number of rotatable bonds is 3. The van der Waals surface area contributed by atoms with Crippen LogP contribution in [-0.2, 0) is 6.42 Å². The molecule has 2 nitrogen and oxygen atoms in total. The number of hydrogen-bond acceptors (Lipinski definition) is 2. The van der Waals surface area contributed by atoms with Crippen LogP contribution in [0.2, 0.25) is 0 Å². The number of hydrogen-bond donors (Lipinski definition) is 2. The summed E-state index contributed by atoms with van der Waals surface area (Å²) in [7, 11) is 1.92. The normalized spacial score (nSPS) is 15.8. The molecule has 2 rings (SSSR count). The maximum Gasteiger partial charge on any atom is 0.116 e. The monoisotopic (exact) mass is 177 g/mol. The number of nitrogens with one attached hydrogen (secondary N) is 1. The van der Waals surface area contributed by atoms with E-state index in [0.717, 1.165) is 18.0 Å². The van der Waals surface area contributed by atoms with Crippen molar-refractivity contribution in [3.8, 4) is 5.75 Å². The Morgan fingerprint density at radius 1 is 1.46 bits per heavy atom. The number of benzene rings is 1. The molecular formula is C11H15NO. The van der Waals surface area contributed by atoms with Gasteiger partial charge in [-0.15, -0.1) is 0 Å². The first-order chi connectivity index (χ1) is 6.29. The van der Waals surface area contributed by atoms with Crippen LogP contribution in [0.3, 0.4) is 0 Å².